The third kappa shape index (κ3) is 2.93. The first-order valence-electron chi connectivity index (χ1n) is 8.47. The smallest absolute Gasteiger partial charge is 0.338 e. The van der Waals surface area contributed by atoms with Gasteiger partial charge in [-0.15, -0.1) is 0 Å². The van der Waals surface area contributed by atoms with Crippen molar-refractivity contribution in [2.45, 2.75) is 38.0 Å². The summed E-state index contributed by atoms with van der Waals surface area (Å²) < 4.78 is 1.33. The van der Waals surface area contributed by atoms with Gasteiger partial charge >= 0.3 is 5.97 Å². The van der Waals surface area contributed by atoms with E-state index in [-0.39, 0.29) is 11.5 Å². The Morgan fingerprint density at radius 3 is 2.72 bits per heavy atom. The van der Waals surface area contributed by atoms with Crippen LogP contribution in [0, 0.1) is 0 Å². The quantitative estimate of drug-likeness (QED) is 0.760. The van der Waals surface area contributed by atoms with Crippen molar-refractivity contribution in [2.75, 3.05) is 5.73 Å². The van der Waals surface area contributed by atoms with Crippen LogP contribution in [-0.2, 0) is 0 Å². The Balaban J connectivity index is 1.73. The molecule has 128 valence electrons. The van der Waals surface area contributed by atoms with Crippen LogP contribution in [0.4, 0.5) is 5.82 Å². The zero-order valence-electron chi connectivity index (χ0n) is 13.7. The zero-order valence-corrected chi connectivity index (χ0v) is 13.7. The average molecular weight is 337 g/mol. The van der Waals surface area contributed by atoms with E-state index in [2.05, 4.69) is 27.2 Å². The Morgan fingerprint density at radius 2 is 2.00 bits per heavy atom. The molecule has 0 radical (unpaired) electrons. The first-order chi connectivity index (χ1) is 12.1. The first kappa shape index (κ1) is 15.6. The summed E-state index contributed by atoms with van der Waals surface area (Å²) in [6.07, 6.45) is 8.95. The van der Waals surface area contributed by atoms with Gasteiger partial charge in [0.15, 0.2) is 0 Å². The van der Waals surface area contributed by atoms with Gasteiger partial charge < -0.3 is 10.8 Å². The molecule has 0 unspecified atom stereocenters. The van der Waals surface area contributed by atoms with Crippen LogP contribution in [0.5, 0.6) is 0 Å². The van der Waals surface area contributed by atoms with E-state index < -0.39 is 5.97 Å². The molecule has 1 saturated carbocycles. The number of carbonyl (C=O) groups is 1. The molecule has 1 aliphatic carbocycles. The van der Waals surface area contributed by atoms with Crippen molar-refractivity contribution in [3.8, 4) is 5.95 Å². The maximum absolute atomic E-state index is 11.0. The van der Waals surface area contributed by atoms with E-state index in [9.17, 15) is 4.79 Å². The second-order valence-corrected chi connectivity index (χ2v) is 6.50. The third-order valence-electron chi connectivity index (χ3n) is 4.85. The molecule has 0 bridgehead atoms. The Bertz CT molecular complexity index is 944. The van der Waals surface area contributed by atoms with Gasteiger partial charge in [0.25, 0.3) is 5.95 Å². The van der Waals surface area contributed by atoms with Crippen LogP contribution >= 0.6 is 0 Å². The van der Waals surface area contributed by atoms with Crippen molar-refractivity contribution in [3.05, 3.63) is 41.7 Å². The highest BCUT2D eigenvalue weighted by atomic mass is 16.4. The molecule has 0 aliphatic heterocycles. The molecule has 2 aromatic heterocycles. The number of carboxylic acids is 1. The second kappa shape index (κ2) is 6.16. The fraction of sp³-hybridized carbons (Fsp3) is 0.333. The van der Waals surface area contributed by atoms with Gasteiger partial charge in [-0.25, -0.2) is 14.5 Å². The molecule has 0 saturated heterocycles. The molecule has 0 spiro atoms. The topological polar surface area (TPSA) is 107 Å². The molecule has 1 fully saturated rings. The lowest BCUT2D eigenvalue weighted by atomic mass is 9.84. The lowest BCUT2D eigenvalue weighted by Crippen LogP contribution is -2.07. The van der Waals surface area contributed by atoms with Crippen LogP contribution in [0.15, 0.2) is 30.6 Å². The van der Waals surface area contributed by atoms with Gasteiger partial charge in [0.1, 0.15) is 5.82 Å². The van der Waals surface area contributed by atoms with Crippen LogP contribution in [0.25, 0.3) is 16.9 Å². The van der Waals surface area contributed by atoms with Gasteiger partial charge in [-0.2, -0.15) is 10.1 Å². The van der Waals surface area contributed by atoms with Crippen molar-refractivity contribution < 1.29 is 9.90 Å². The standard InChI is InChI=1S/C18H19N5O2/c19-16-14-8-12(11-4-2-1-3-5-11)6-7-15(14)21-18(22-16)23-10-13(9-20-23)17(24)25/h6-11H,1-5H2,(H,24,25)(H2,19,21,22). The van der Waals surface area contributed by atoms with E-state index in [0.29, 0.717) is 11.7 Å². The Morgan fingerprint density at radius 1 is 1.20 bits per heavy atom. The molecule has 7 heteroatoms. The van der Waals surface area contributed by atoms with Crippen LogP contribution in [0.3, 0.4) is 0 Å². The van der Waals surface area contributed by atoms with Crippen LogP contribution < -0.4 is 5.73 Å². The molecule has 3 N–H and O–H groups in total. The van der Waals surface area contributed by atoms with Gasteiger partial charge in [-0.1, -0.05) is 25.3 Å². The Hall–Kier alpha value is -2.96. The van der Waals surface area contributed by atoms with Gasteiger partial charge in [-0.05, 0) is 36.5 Å². The van der Waals surface area contributed by atoms with Crippen molar-refractivity contribution in [1.82, 2.24) is 19.7 Å². The lowest BCUT2D eigenvalue weighted by Gasteiger charge is -2.22. The largest absolute Gasteiger partial charge is 0.478 e. The van der Waals surface area contributed by atoms with E-state index >= 15 is 0 Å². The van der Waals surface area contributed by atoms with Crippen molar-refractivity contribution in [2.24, 2.45) is 0 Å². The minimum absolute atomic E-state index is 0.0786. The van der Waals surface area contributed by atoms with Crippen LogP contribution in [0.2, 0.25) is 0 Å². The number of hydrogen-bond acceptors (Lipinski definition) is 5. The average Bonchev–Trinajstić information content (AvgIpc) is 3.13. The number of aromatic carboxylic acids is 1. The summed E-state index contributed by atoms with van der Waals surface area (Å²) in [4.78, 5) is 19.8. The summed E-state index contributed by atoms with van der Waals surface area (Å²) in [5.41, 5.74) is 8.25. The minimum Gasteiger partial charge on any atom is -0.478 e. The number of nitrogen functional groups attached to an aromatic ring is 1. The molecule has 0 atom stereocenters. The molecular weight excluding hydrogens is 318 g/mol. The number of fused-ring (bicyclic) bond motifs is 1. The highest BCUT2D eigenvalue weighted by molar-refractivity contribution is 5.89. The monoisotopic (exact) mass is 337 g/mol. The molecule has 3 aromatic rings. The normalized spacial score (nSPS) is 15.5. The number of nitrogens with two attached hydrogens (primary N) is 1. The van der Waals surface area contributed by atoms with Gasteiger partial charge in [-0.3, -0.25) is 0 Å². The van der Waals surface area contributed by atoms with Gasteiger partial charge in [0.05, 0.1) is 17.3 Å². The number of anilines is 1. The van der Waals surface area contributed by atoms with Crippen molar-refractivity contribution in [3.63, 3.8) is 0 Å². The number of nitrogens with zero attached hydrogens (tertiary/aromatic N) is 4. The van der Waals surface area contributed by atoms with E-state index in [1.54, 1.807) is 0 Å². The first-order valence-corrected chi connectivity index (χ1v) is 8.47. The maximum Gasteiger partial charge on any atom is 0.338 e. The summed E-state index contributed by atoms with van der Waals surface area (Å²) in [5, 5.41) is 13.8. The van der Waals surface area contributed by atoms with Gasteiger partial charge in [0, 0.05) is 11.6 Å². The summed E-state index contributed by atoms with van der Waals surface area (Å²) >= 11 is 0. The summed E-state index contributed by atoms with van der Waals surface area (Å²) in [6, 6.07) is 6.17. The fourth-order valence-electron chi connectivity index (χ4n) is 3.49. The van der Waals surface area contributed by atoms with Crippen molar-refractivity contribution in [1.29, 1.82) is 0 Å². The zero-order chi connectivity index (χ0) is 17.4. The molecule has 1 aliphatic rings. The third-order valence-corrected chi connectivity index (χ3v) is 4.85. The SMILES string of the molecule is Nc1nc(-n2cc(C(=O)O)cn2)nc2ccc(C3CCCCC3)cc12. The summed E-state index contributed by atoms with van der Waals surface area (Å²) in [7, 11) is 0. The maximum atomic E-state index is 11.0. The van der Waals surface area contributed by atoms with Crippen molar-refractivity contribution >= 4 is 22.7 Å². The highest BCUT2D eigenvalue weighted by Crippen LogP contribution is 2.34. The molecular formula is C18H19N5O2. The Labute approximate surface area is 144 Å². The van der Waals surface area contributed by atoms with E-state index in [1.807, 2.05) is 6.07 Å². The lowest BCUT2D eigenvalue weighted by molar-refractivity contribution is 0.0697. The highest BCUT2D eigenvalue weighted by Gasteiger charge is 2.17. The number of aromatic nitrogens is 4. The molecule has 1 aromatic carbocycles. The number of hydrogen-bond donors (Lipinski definition) is 2. The number of rotatable bonds is 3. The second-order valence-electron chi connectivity index (χ2n) is 6.50. The Kier molecular flexibility index (Phi) is 3.83. The van der Waals surface area contributed by atoms with E-state index in [0.717, 1.165) is 10.9 Å². The minimum atomic E-state index is -1.04. The molecule has 4 rings (SSSR count). The molecule has 0 amide bonds. The van der Waals surface area contributed by atoms with Crippen LogP contribution in [-0.4, -0.2) is 30.8 Å². The van der Waals surface area contributed by atoms with Crippen LogP contribution in [0.1, 0.15) is 53.9 Å². The predicted molar refractivity (Wildman–Crippen MR) is 93.9 cm³/mol. The van der Waals surface area contributed by atoms with Gasteiger partial charge in [0.2, 0.25) is 0 Å². The fourth-order valence-corrected chi connectivity index (χ4v) is 3.49. The number of benzene rings is 1. The predicted octanol–water partition coefficient (Wildman–Crippen LogP) is 3.14. The summed E-state index contributed by atoms with van der Waals surface area (Å²) in [5.74, 6) is 0.187. The van der Waals surface area contributed by atoms with E-state index in [1.165, 1.54) is 54.7 Å². The van der Waals surface area contributed by atoms with E-state index in [4.69, 9.17) is 10.8 Å². The number of carboxylic acid groups (broad SMARTS) is 1. The molecule has 7 nitrogen and oxygen atoms in total. The molecule has 25 heavy (non-hydrogen) atoms. The summed E-state index contributed by atoms with van der Waals surface area (Å²) in [6.45, 7) is 0. The molecule has 2 heterocycles.